The third-order valence-corrected chi connectivity index (χ3v) is 20.0. The second kappa shape index (κ2) is 20.3. The van der Waals surface area contributed by atoms with Gasteiger partial charge in [-0.1, -0.05) is 30.3 Å². The highest BCUT2D eigenvalue weighted by atomic mass is 127. The summed E-state index contributed by atoms with van der Waals surface area (Å²) in [6.07, 6.45) is -8.77. The Morgan fingerprint density at radius 2 is 0.780 bits per heavy atom. The van der Waals surface area contributed by atoms with Gasteiger partial charge in [0.2, 0.25) is 0 Å². The van der Waals surface area contributed by atoms with Crippen molar-refractivity contribution in [2.24, 2.45) is 0 Å². The zero-order valence-electron chi connectivity index (χ0n) is 29.5. The van der Waals surface area contributed by atoms with Crippen molar-refractivity contribution in [3.05, 3.63) is 131 Å². The van der Waals surface area contributed by atoms with E-state index in [1.54, 1.807) is 0 Å². The molecule has 0 aliphatic rings. The maximum absolute atomic E-state index is 12.9. The molecule has 308 valence electrons. The van der Waals surface area contributed by atoms with Crippen LogP contribution in [0.1, 0.15) is 22.3 Å². The molecule has 59 heavy (non-hydrogen) atoms. The van der Waals surface area contributed by atoms with Gasteiger partial charge in [-0.3, -0.25) is 0 Å². The third-order valence-electron chi connectivity index (χ3n) is 9.04. The summed E-state index contributed by atoms with van der Waals surface area (Å²) in [7, 11) is 0. The lowest BCUT2D eigenvalue weighted by Crippen LogP contribution is -2.17. The fourth-order valence-electron chi connectivity index (χ4n) is 6.40. The predicted molar refractivity (Wildman–Crippen MR) is 307 cm³/mol. The Hall–Kier alpha value is 1.80. The van der Waals surface area contributed by atoms with Gasteiger partial charge in [0.05, 0.1) is 0 Å². The van der Waals surface area contributed by atoms with Crippen LogP contribution in [0.4, 0.5) is 26.3 Å². The van der Waals surface area contributed by atoms with Crippen molar-refractivity contribution in [1.82, 2.24) is 0 Å². The van der Waals surface area contributed by atoms with Crippen LogP contribution >= 0.6 is 226 Å². The molecular weight excluding hydrogens is 1910 g/mol. The van der Waals surface area contributed by atoms with Crippen molar-refractivity contribution in [2.75, 3.05) is 0 Å². The molecule has 6 rings (SSSR count). The maximum Gasteiger partial charge on any atom is 0.573 e. The molecule has 6 aromatic rings. The summed E-state index contributed by atoms with van der Waals surface area (Å²) in [5.74, 6) is -0.475. The predicted octanol–water partition coefficient (Wildman–Crippen LogP) is 18.4. The molecule has 0 unspecified atom stereocenters. The standard InChI is InChI=1S/C41H20F6I10O2/c1-16-7-18(24-5-6-25(39(57)38(24)56)36-33(53)13-21(14-34(36)54)59-41(45,46)47)8-28(48)26(16)15-27-29(49)9-19(10-30(27)50)23-4-3-22(17(2)37(23)55)35-31(51)11-20(12-32(35)52)58-40(42,43)44/h3-14H,15H2,1-2H3. The quantitative estimate of drug-likeness (QED) is 0.112. The lowest BCUT2D eigenvalue weighted by atomic mass is 9.93. The molecule has 0 aromatic heterocycles. The van der Waals surface area contributed by atoms with Crippen molar-refractivity contribution in [2.45, 2.75) is 33.0 Å². The molecule has 6 aromatic carbocycles. The second-order valence-corrected chi connectivity index (χ2v) is 24.2. The highest BCUT2D eigenvalue weighted by molar-refractivity contribution is 14.1. The number of halogens is 16. The molecular formula is C41H20F6I10O2. The molecule has 2 nitrogen and oxygen atoms in total. The van der Waals surface area contributed by atoms with Gasteiger partial charge in [0.15, 0.2) is 0 Å². The maximum atomic E-state index is 12.9. The minimum absolute atomic E-state index is 0.237. The Morgan fingerprint density at radius 1 is 0.424 bits per heavy atom. The van der Waals surface area contributed by atoms with Crippen molar-refractivity contribution < 1.29 is 35.8 Å². The smallest absolute Gasteiger partial charge is 0.406 e. The highest BCUT2D eigenvalue weighted by Crippen LogP contribution is 2.44. The van der Waals surface area contributed by atoms with Gasteiger partial charge < -0.3 is 9.47 Å². The summed E-state index contributed by atoms with van der Waals surface area (Å²) in [6.45, 7) is 4.18. The van der Waals surface area contributed by atoms with Gasteiger partial charge in [-0.25, -0.2) is 0 Å². The number of alkyl halides is 6. The van der Waals surface area contributed by atoms with Crippen LogP contribution in [0.3, 0.4) is 0 Å². The van der Waals surface area contributed by atoms with E-state index in [1.807, 2.05) is 19.1 Å². The molecule has 0 N–H and O–H groups in total. The van der Waals surface area contributed by atoms with E-state index in [1.165, 1.54) is 41.0 Å². The number of hydrogen-bond donors (Lipinski definition) is 0. The van der Waals surface area contributed by atoms with Crippen LogP contribution in [-0.4, -0.2) is 12.7 Å². The summed E-state index contributed by atoms with van der Waals surface area (Å²) < 4.78 is 95.2. The molecule has 0 bridgehead atoms. The molecule has 0 radical (unpaired) electrons. The molecule has 0 saturated heterocycles. The van der Waals surface area contributed by atoms with Gasteiger partial charge in [0, 0.05) is 53.2 Å². The highest BCUT2D eigenvalue weighted by Gasteiger charge is 2.33. The summed E-state index contributed by atoms with van der Waals surface area (Å²) in [5, 5.41) is 0. The summed E-state index contributed by atoms with van der Waals surface area (Å²) in [4.78, 5) is 0. The van der Waals surface area contributed by atoms with E-state index >= 15 is 0 Å². The number of hydrogen-bond acceptors (Lipinski definition) is 2. The van der Waals surface area contributed by atoms with Gasteiger partial charge in [0.1, 0.15) is 11.5 Å². The Bertz CT molecular complexity index is 2390. The van der Waals surface area contributed by atoms with Crippen LogP contribution in [0, 0.1) is 49.5 Å². The van der Waals surface area contributed by atoms with E-state index in [4.69, 9.17) is 0 Å². The first-order valence-corrected chi connectivity index (χ1v) is 27.3. The Labute approximate surface area is 472 Å². The zero-order chi connectivity index (χ0) is 43.5. The Balaban J connectivity index is 1.28. The van der Waals surface area contributed by atoms with Crippen LogP contribution in [0.2, 0.25) is 0 Å². The SMILES string of the molecule is Cc1cc(-c2ccc(-c3c(I)cc(OC(F)(F)F)cc3I)c(I)c2I)cc(I)c1Cc1c(I)cc(-c2ccc(-c3c(I)cc(OC(F)(F)F)cc3I)c(C)c2I)cc1I. The normalized spacial score (nSPS) is 12.0. The lowest BCUT2D eigenvalue weighted by molar-refractivity contribution is -0.275. The Kier molecular flexibility index (Phi) is 17.3. The van der Waals surface area contributed by atoms with E-state index in [0.717, 1.165) is 77.9 Å². The largest absolute Gasteiger partial charge is 0.573 e. The Morgan fingerprint density at radius 3 is 1.22 bits per heavy atom. The first kappa shape index (κ1) is 50.2. The minimum atomic E-state index is -4.76. The monoisotopic (exact) mass is 1930 g/mol. The summed E-state index contributed by atoms with van der Waals surface area (Å²) >= 11 is 22.6. The average molecular weight is 1930 g/mol. The molecule has 0 saturated carbocycles. The molecule has 0 amide bonds. The molecule has 18 heteroatoms. The lowest BCUT2D eigenvalue weighted by Gasteiger charge is -2.19. The number of rotatable bonds is 8. The van der Waals surface area contributed by atoms with E-state index in [9.17, 15) is 26.3 Å². The number of aryl methyl sites for hydroxylation is 1. The van der Waals surface area contributed by atoms with Crippen molar-refractivity contribution in [1.29, 1.82) is 0 Å². The van der Waals surface area contributed by atoms with Gasteiger partial charge in [-0.05, 0) is 338 Å². The molecule has 0 atom stereocenters. The molecule has 0 aliphatic carbocycles. The van der Waals surface area contributed by atoms with Crippen molar-refractivity contribution >= 4 is 226 Å². The molecule has 0 fully saturated rings. The van der Waals surface area contributed by atoms with E-state index in [-0.39, 0.29) is 11.5 Å². The van der Waals surface area contributed by atoms with E-state index < -0.39 is 12.7 Å². The second-order valence-electron chi connectivity index (χ2n) is 12.9. The third kappa shape index (κ3) is 11.9. The molecule has 0 aliphatic heterocycles. The van der Waals surface area contributed by atoms with Crippen LogP contribution in [0.25, 0.3) is 44.5 Å². The van der Waals surface area contributed by atoms with Crippen LogP contribution in [0.15, 0.2) is 72.8 Å². The van der Waals surface area contributed by atoms with Gasteiger partial charge in [0.25, 0.3) is 0 Å². The van der Waals surface area contributed by atoms with E-state index in [0.29, 0.717) is 14.3 Å². The summed E-state index contributed by atoms with van der Waals surface area (Å²) in [5.41, 5.74) is 12.7. The first-order chi connectivity index (χ1) is 27.4. The first-order valence-electron chi connectivity index (χ1n) is 16.5. The minimum Gasteiger partial charge on any atom is -0.406 e. The van der Waals surface area contributed by atoms with E-state index in [2.05, 4.69) is 279 Å². The fourth-order valence-corrected chi connectivity index (χ4v) is 16.4. The van der Waals surface area contributed by atoms with Crippen LogP contribution in [0.5, 0.6) is 11.5 Å². The van der Waals surface area contributed by atoms with Gasteiger partial charge >= 0.3 is 12.7 Å². The zero-order valence-corrected chi connectivity index (χ0v) is 51.1. The molecule has 0 heterocycles. The fraction of sp³-hybridized carbons (Fsp3) is 0.122. The molecule has 0 spiro atoms. The van der Waals surface area contributed by atoms with Crippen molar-refractivity contribution in [3.63, 3.8) is 0 Å². The number of benzene rings is 6. The van der Waals surface area contributed by atoms with Crippen LogP contribution in [-0.2, 0) is 6.42 Å². The topological polar surface area (TPSA) is 18.5 Å². The van der Waals surface area contributed by atoms with Gasteiger partial charge in [-0.2, -0.15) is 0 Å². The van der Waals surface area contributed by atoms with Crippen molar-refractivity contribution in [3.8, 4) is 56.0 Å². The summed E-state index contributed by atoms with van der Waals surface area (Å²) in [6, 6.07) is 22.8. The number of ether oxygens (including phenoxy) is 2. The average Bonchev–Trinajstić information content (AvgIpc) is 3.09. The van der Waals surface area contributed by atoms with Gasteiger partial charge in [-0.15, -0.1) is 26.3 Å². The van der Waals surface area contributed by atoms with Crippen LogP contribution < -0.4 is 9.47 Å².